The van der Waals surface area contributed by atoms with Crippen molar-refractivity contribution in [3.63, 3.8) is 0 Å². The summed E-state index contributed by atoms with van der Waals surface area (Å²) in [6.07, 6.45) is -0.0960. The van der Waals surface area contributed by atoms with Gasteiger partial charge in [0, 0.05) is 0 Å². The number of hydrogen-bond acceptors (Lipinski definition) is 3. The molecule has 0 spiro atoms. The van der Waals surface area contributed by atoms with E-state index in [4.69, 9.17) is 14.2 Å². The van der Waals surface area contributed by atoms with Crippen LogP contribution in [0, 0.1) is 0 Å². The van der Waals surface area contributed by atoms with Crippen LogP contribution in [0.1, 0.15) is 0 Å². The molecule has 1 aliphatic rings. The Kier molecular flexibility index (Phi) is 3.31. The summed E-state index contributed by atoms with van der Waals surface area (Å²) < 4.78 is 17.4. The Hall–Kier alpha value is -2.68. The standard InChI is InChI=1S/C19H16O3/c1-2-6-15-11-16(10-9-14(15)5-1)20-12-17-13-21-18-7-3-4-8-19(18)22-17/h1-11,17H,12-13H2. The lowest BCUT2D eigenvalue weighted by molar-refractivity contribution is 0.0536. The van der Waals surface area contributed by atoms with Crippen LogP contribution in [0.2, 0.25) is 0 Å². The maximum absolute atomic E-state index is 5.89. The molecule has 1 aliphatic heterocycles. The highest BCUT2D eigenvalue weighted by Gasteiger charge is 2.21. The van der Waals surface area contributed by atoms with E-state index < -0.39 is 0 Å². The maximum atomic E-state index is 5.89. The normalized spacial score (nSPS) is 16.5. The minimum Gasteiger partial charge on any atom is -0.490 e. The lowest BCUT2D eigenvalue weighted by atomic mass is 10.1. The lowest BCUT2D eigenvalue weighted by Crippen LogP contribution is -2.34. The van der Waals surface area contributed by atoms with Crippen molar-refractivity contribution in [3.8, 4) is 17.2 Å². The Morgan fingerprint density at radius 2 is 1.64 bits per heavy atom. The molecule has 0 radical (unpaired) electrons. The summed E-state index contributed by atoms with van der Waals surface area (Å²) in [7, 11) is 0. The SMILES string of the molecule is c1ccc2c(c1)OCC(COc1ccc3ccccc3c1)O2. The van der Waals surface area contributed by atoms with Gasteiger partial charge in [-0.25, -0.2) is 0 Å². The van der Waals surface area contributed by atoms with Gasteiger partial charge < -0.3 is 14.2 Å². The maximum Gasteiger partial charge on any atom is 0.166 e. The third kappa shape index (κ3) is 2.58. The molecule has 1 unspecified atom stereocenters. The lowest BCUT2D eigenvalue weighted by Gasteiger charge is -2.26. The predicted molar refractivity (Wildman–Crippen MR) is 85.8 cm³/mol. The predicted octanol–water partition coefficient (Wildman–Crippen LogP) is 4.06. The van der Waals surface area contributed by atoms with Crippen molar-refractivity contribution in [3.05, 3.63) is 66.7 Å². The van der Waals surface area contributed by atoms with E-state index in [1.54, 1.807) is 0 Å². The number of benzene rings is 3. The van der Waals surface area contributed by atoms with E-state index in [0.717, 1.165) is 17.2 Å². The molecule has 110 valence electrons. The Morgan fingerprint density at radius 3 is 2.55 bits per heavy atom. The van der Waals surface area contributed by atoms with Crippen molar-refractivity contribution >= 4 is 10.8 Å². The van der Waals surface area contributed by atoms with Crippen molar-refractivity contribution in [2.45, 2.75) is 6.10 Å². The summed E-state index contributed by atoms with van der Waals surface area (Å²) in [4.78, 5) is 0. The summed E-state index contributed by atoms with van der Waals surface area (Å²) in [5, 5.41) is 2.38. The first-order valence-electron chi connectivity index (χ1n) is 7.38. The van der Waals surface area contributed by atoms with Crippen LogP contribution in [0.5, 0.6) is 17.2 Å². The highest BCUT2D eigenvalue weighted by molar-refractivity contribution is 5.83. The van der Waals surface area contributed by atoms with Gasteiger partial charge in [0.1, 0.15) is 19.0 Å². The quantitative estimate of drug-likeness (QED) is 0.728. The van der Waals surface area contributed by atoms with Gasteiger partial charge in [0.25, 0.3) is 0 Å². The fourth-order valence-electron chi connectivity index (χ4n) is 2.59. The summed E-state index contributed by atoms with van der Waals surface area (Å²) in [6.45, 7) is 0.970. The zero-order valence-corrected chi connectivity index (χ0v) is 12.1. The van der Waals surface area contributed by atoms with Crippen molar-refractivity contribution in [1.82, 2.24) is 0 Å². The van der Waals surface area contributed by atoms with Crippen LogP contribution in [0.15, 0.2) is 66.7 Å². The average molecular weight is 292 g/mol. The van der Waals surface area contributed by atoms with Crippen molar-refractivity contribution in [1.29, 1.82) is 0 Å². The number of para-hydroxylation sites is 2. The van der Waals surface area contributed by atoms with Gasteiger partial charge in [0.15, 0.2) is 17.6 Å². The third-order valence-electron chi connectivity index (χ3n) is 3.72. The largest absolute Gasteiger partial charge is 0.490 e. The first kappa shape index (κ1) is 13.0. The Labute approximate surface area is 129 Å². The van der Waals surface area contributed by atoms with E-state index in [2.05, 4.69) is 18.2 Å². The molecule has 0 bridgehead atoms. The second-order valence-corrected chi connectivity index (χ2v) is 5.32. The molecule has 3 aromatic rings. The first-order chi connectivity index (χ1) is 10.9. The summed E-state index contributed by atoms with van der Waals surface area (Å²) in [5.74, 6) is 2.42. The molecule has 22 heavy (non-hydrogen) atoms. The van der Waals surface area contributed by atoms with Gasteiger partial charge >= 0.3 is 0 Å². The van der Waals surface area contributed by atoms with Crippen LogP contribution in [0.25, 0.3) is 10.8 Å². The second-order valence-electron chi connectivity index (χ2n) is 5.32. The van der Waals surface area contributed by atoms with E-state index in [9.17, 15) is 0 Å². The van der Waals surface area contributed by atoms with Gasteiger partial charge in [-0.1, -0.05) is 42.5 Å². The smallest absolute Gasteiger partial charge is 0.166 e. The summed E-state index contributed by atoms with van der Waals surface area (Å²) in [5.41, 5.74) is 0. The fourth-order valence-corrected chi connectivity index (χ4v) is 2.59. The highest BCUT2D eigenvalue weighted by atomic mass is 16.6. The van der Waals surface area contributed by atoms with E-state index in [1.165, 1.54) is 10.8 Å². The van der Waals surface area contributed by atoms with E-state index in [-0.39, 0.29) is 6.10 Å². The summed E-state index contributed by atoms with van der Waals surface area (Å²) in [6, 6.07) is 22.0. The van der Waals surface area contributed by atoms with Crippen molar-refractivity contribution in [2.75, 3.05) is 13.2 Å². The van der Waals surface area contributed by atoms with Crippen LogP contribution >= 0.6 is 0 Å². The first-order valence-corrected chi connectivity index (χ1v) is 7.38. The van der Waals surface area contributed by atoms with Gasteiger partial charge in [-0.3, -0.25) is 0 Å². The molecule has 3 nitrogen and oxygen atoms in total. The Balaban J connectivity index is 1.44. The van der Waals surface area contributed by atoms with E-state index >= 15 is 0 Å². The van der Waals surface area contributed by atoms with Crippen molar-refractivity contribution in [2.24, 2.45) is 0 Å². The van der Waals surface area contributed by atoms with Crippen molar-refractivity contribution < 1.29 is 14.2 Å². The van der Waals surface area contributed by atoms with Crippen LogP contribution in [0.3, 0.4) is 0 Å². The minimum absolute atomic E-state index is 0.0960. The van der Waals surface area contributed by atoms with Crippen LogP contribution in [-0.2, 0) is 0 Å². The topological polar surface area (TPSA) is 27.7 Å². The van der Waals surface area contributed by atoms with E-state index in [1.807, 2.05) is 48.5 Å². The zero-order valence-electron chi connectivity index (χ0n) is 12.1. The summed E-state index contributed by atoms with van der Waals surface area (Å²) >= 11 is 0. The molecule has 0 fully saturated rings. The minimum atomic E-state index is -0.0960. The van der Waals surface area contributed by atoms with Gasteiger partial charge in [0.05, 0.1) is 0 Å². The molecule has 0 N–H and O–H groups in total. The molecule has 1 atom stereocenters. The van der Waals surface area contributed by atoms with Gasteiger partial charge in [-0.15, -0.1) is 0 Å². The third-order valence-corrected chi connectivity index (χ3v) is 3.72. The van der Waals surface area contributed by atoms with Crippen LogP contribution in [0.4, 0.5) is 0 Å². The molecule has 0 aromatic heterocycles. The van der Waals surface area contributed by atoms with Gasteiger partial charge in [-0.2, -0.15) is 0 Å². The molecule has 0 amide bonds. The van der Waals surface area contributed by atoms with Gasteiger partial charge in [-0.05, 0) is 35.0 Å². The molecular formula is C19H16O3. The molecule has 0 aliphatic carbocycles. The van der Waals surface area contributed by atoms with Crippen LogP contribution < -0.4 is 14.2 Å². The highest BCUT2D eigenvalue weighted by Crippen LogP contribution is 2.31. The molecular weight excluding hydrogens is 276 g/mol. The molecule has 3 heteroatoms. The molecule has 4 rings (SSSR count). The molecule has 3 aromatic carbocycles. The zero-order chi connectivity index (χ0) is 14.8. The molecule has 0 saturated heterocycles. The number of fused-ring (bicyclic) bond motifs is 2. The molecule has 1 heterocycles. The van der Waals surface area contributed by atoms with Crippen LogP contribution in [-0.4, -0.2) is 19.3 Å². The fraction of sp³-hybridized carbons (Fsp3) is 0.158. The van der Waals surface area contributed by atoms with Gasteiger partial charge in [0.2, 0.25) is 0 Å². The number of ether oxygens (including phenoxy) is 3. The number of rotatable bonds is 3. The Morgan fingerprint density at radius 1 is 0.864 bits per heavy atom. The Bertz CT molecular complexity index is 797. The number of hydrogen-bond donors (Lipinski definition) is 0. The monoisotopic (exact) mass is 292 g/mol. The average Bonchev–Trinajstić information content (AvgIpc) is 2.59. The molecule has 0 saturated carbocycles. The van der Waals surface area contributed by atoms with E-state index in [0.29, 0.717) is 13.2 Å². The second kappa shape index (κ2) is 5.60.